The lowest BCUT2D eigenvalue weighted by Gasteiger charge is -2.31. The number of aryl methyl sites for hydroxylation is 1. The molecule has 0 saturated carbocycles. The van der Waals surface area contributed by atoms with E-state index in [2.05, 4.69) is 6.07 Å². The van der Waals surface area contributed by atoms with Crippen LogP contribution in [0.1, 0.15) is 22.6 Å². The molecule has 126 valence electrons. The summed E-state index contributed by atoms with van der Waals surface area (Å²) in [6, 6.07) is 14.0. The molecule has 1 aliphatic heterocycles. The maximum Gasteiger partial charge on any atom is 0.205 e. The highest BCUT2D eigenvalue weighted by Gasteiger charge is 2.39. The summed E-state index contributed by atoms with van der Waals surface area (Å²) in [7, 11) is 1.90. The second kappa shape index (κ2) is 5.72. The van der Waals surface area contributed by atoms with Gasteiger partial charge in [0.25, 0.3) is 0 Å². The van der Waals surface area contributed by atoms with Crippen molar-refractivity contribution in [2.45, 2.75) is 5.92 Å². The Kier molecular flexibility index (Phi) is 3.49. The van der Waals surface area contributed by atoms with Gasteiger partial charge in [0.1, 0.15) is 23.6 Å². The lowest BCUT2D eigenvalue weighted by molar-refractivity contribution is 0.448. The van der Waals surface area contributed by atoms with Crippen LogP contribution in [0.2, 0.25) is 0 Å². The van der Waals surface area contributed by atoms with Crippen LogP contribution in [0.3, 0.4) is 0 Å². The first-order valence-corrected chi connectivity index (χ1v) is 7.99. The summed E-state index contributed by atoms with van der Waals surface area (Å²) >= 11 is 0. The molecular formula is C20H13FN4O. The Morgan fingerprint density at radius 2 is 1.96 bits per heavy atom. The summed E-state index contributed by atoms with van der Waals surface area (Å²) in [5.41, 5.74) is 1.69. The molecule has 5 nitrogen and oxygen atoms in total. The van der Waals surface area contributed by atoms with Gasteiger partial charge in [0.05, 0.1) is 17.1 Å². The van der Waals surface area contributed by atoms with Crippen LogP contribution in [0, 0.1) is 39.8 Å². The third-order valence-electron chi connectivity index (χ3n) is 4.83. The summed E-state index contributed by atoms with van der Waals surface area (Å²) in [6.45, 7) is 0. The molecule has 2 atom stereocenters. The molecule has 0 spiro atoms. The molecule has 2 heterocycles. The first-order chi connectivity index (χ1) is 12.6. The van der Waals surface area contributed by atoms with E-state index in [1.807, 2.05) is 36.0 Å². The van der Waals surface area contributed by atoms with E-state index < -0.39 is 17.7 Å². The lowest BCUT2D eigenvalue weighted by Crippen LogP contribution is -2.31. The molecule has 1 aliphatic rings. The van der Waals surface area contributed by atoms with Gasteiger partial charge < -0.3 is 9.30 Å². The van der Waals surface area contributed by atoms with E-state index in [1.54, 1.807) is 18.2 Å². The molecule has 0 bridgehead atoms. The number of nitrogens with one attached hydrogen (secondary N) is 1. The van der Waals surface area contributed by atoms with Gasteiger partial charge in [0, 0.05) is 30.1 Å². The number of hydrogen-bond donors (Lipinski definition) is 1. The average molecular weight is 344 g/mol. The predicted molar refractivity (Wildman–Crippen MR) is 93.3 cm³/mol. The number of nitriles is 2. The monoisotopic (exact) mass is 344 g/mol. The summed E-state index contributed by atoms with van der Waals surface area (Å²) in [5, 5.41) is 27.7. The Bertz CT molecular complexity index is 1150. The number of ether oxygens (including phenoxy) is 1. The Morgan fingerprint density at radius 3 is 2.69 bits per heavy atom. The quantitative estimate of drug-likeness (QED) is 0.728. The summed E-state index contributed by atoms with van der Waals surface area (Å²) < 4.78 is 22.5. The Hall–Kier alpha value is -3.64. The van der Waals surface area contributed by atoms with Crippen molar-refractivity contribution in [3.05, 3.63) is 65.1 Å². The largest absolute Gasteiger partial charge is 0.441 e. The van der Waals surface area contributed by atoms with E-state index in [9.17, 15) is 9.65 Å². The molecule has 26 heavy (non-hydrogen) atoms. The zero-order valence-corrected chi connectivity index (χ0v) is 13.8. The molecule has 0 fully saturated rings. The summed E-state index contributed by atoms with van der Waals surface area (Å²) in [4.78, 5) is 0. The SMILES string of the molecule is Cn1ccc2c3c(ccc21)C(c1cccc(C#N)c1F)C(C#N)C(=N)O3. The molecule has 0 radical (unpaired) electrons. The van der Waals surface area contributed by atoms with E-state index in [4.69, 9.17) is 15.4 Å². The standard InChI is InChI=1S/C20H13FN4O/c1-25-8-7-12-16(25)6-5-14-17(15(10-23)20(24)26-19(12)14)13-4-2-3-11(9-22)18(13)21/h2-8,15,17,24H,1H3. The Morgan fingerprint density at radius 1 is 1.15 bits per heavy atom. The fraction of sp³-hybridized carbons (Fsp3) is 0.150. The third kappa shape index (κ3) is 2.09. The Balaban J connectivity index is 2.03. The third-order valence-corrected chi connectivity index (χ3v) is 4.83. The van der Waals surface area contributed by atoms with Crippen molar-refractivity contribution in [2.75, 3.05) is 0 Å². The van der Waals surface area contributed by atoms with E-state index in [-0.39, 0.29) is 17.0 Å². The minimum Gasteiger partial charge on any atom is -0.441 e. The van der Waals surface area contributed by atoms with Gasteiger partial charge in [-0.25, -0.2) is 4.39 Å². The smallest absolute Gasteiger partial charge is 0.205 e. The fourth-order valence-electron chi connectivity index (χ4n) is 3.56. The van der Waals surface area contributed by atoms with Crippen molar-refractivity contribution < 1.29 is 9.13 Å². The number of benzene rings is 2. The number of nitrogens with zero attached hydrogens (tertiary/aromatic N) is 3. The average Bonchev–Trinajstić information content (AvgIpc) is 3.02. The van der Waals surface area contributed by atoms with Crippen LogP contribution in [0.4, 0.5) is 4.39 Å². The van der Waals surface area contributed by atoms with Crippen molar-refractivity contribution in [2.24, 2.45) is 13.0 Å². The lowest BCUT2D eigenvalue weighted by atomic mass is 9.78. The molecule has 0 saturated heterocycles. The molecule has 1 aromatic heterocycles. The zero-order chi connectivity index (χ0) is 18.4. The highest BCUT2D eigenvalue weighted by Crippen LogP contribution is 2.46. The fourth-order valence-corrected chi connectivity index (χ4v) is 3.56. The zero-order valence-electron chi connectivity index (χ0n) is 13.8. The molecule has 3 aromatic rings. The van der Waals surface area contributed by atoms with Crippen LogP contribution < -0.4 is 4.74 Å². The summed E-state index contributed by atoms with van der Waals surface area (Å²) in [6.07, 6.45) is 1.88. The van der Waals surface area contributed by atoms with Crippen LogP contribution in [0.5, 0.6) is 5.75 Å². The predicted octanol–water partition coefficient (Wildman–Crippen LogP) is 3.83. The van der Waals surface area contributed by atoms with Gasteiger partial charge >= 0.3 is 0 Å². The minimum atomic E-state index is -0.966. The van der Waals surface area contributed by atoms with Crippen LogP contribution >= 0.6 is 0 Å². The van der Waals surface area contributed by atoms with Gasteiger partial charge in [-0.3, -0.25) is 5.41 Å². The van der Waals surface area contributed by atoms with Crippen LogP contribution in [-0.2, 0) is 7.05 Å². The molecule has 2 unspecified atom stereocenters. The second-order valence-electron chi connectivity index (χ2n) is 6.21. The van der Waals surface area contributed by atoms with Crippen molar-refractivity contribution >= 4 is 16.8 Å². The first kappa shape index (κ1) is 15.9. The number of halogens is 1. The molecule has 1 N–H and O–H groups in total. The number of aromatic nitrogens is 1. The van der Waals surface area contributed by atoms with E-state index in [1.165, 1.54) is 6.07 Å². The minimum absolute atomic E-state index is 0.0837. The van der Waals surface area contributed by atoms with E-state index in [0.29, 0.717) is 11.3 Å². The van der Waals surface area contributed by atoms with E-state index in [0.717, 1.165) is 10.9 Å². The highest BCUT2D eigenvalue weighted by atomic mass is 19.1. The molecule has 4 rings (SSSR count). The van der Waals surface area contributed by atoms with Crippen LogP contribution in [-0.4, -0.2) is 10.5 Å². The number of hydrogen-bond acceptors (Lipinski definition) is 4. The molecular weight excluding hydrogens is 331 g/mol. The molecule has 0 aliphatic carbocycles. The van der Waals surface area contributed by atoms with Crippen molar-refractivity contribution in [1.29, 1.82) is 15.9 Å². The molecule has 2 aromatic carbocycles. The van der Waals surface area contributed by atoms with E-state index >= 15 is 0 Å². The van der Waals surface area contributed by atoms with Gasteiger partial charge in [-0.1, -0.05) is 18.2 Å². The molecule has 6 heteroatoms. The van der Waals surface area contributed by atoms with Crippen LogP contribution in [0.15, 0.2) is 42.6 Å². The summed E-state index contributed by atoms with van der Waals surface area (Å²) in [5.74, 6) is -2.09. The van der Waals surface area contributed by atoms with Crippen molar-refractivity contribution in [3.8, 4) is 17.9 Å². The number of rotatable bonds is 1. The first-order valence-electron chi connectivity index (χ1n) is 7.99. The van der Waals surface area contributed by atoms with Gasteiger partial charge in [0.2, 0.25) is 5.90 Å². The van der Waals surface area contributed by atoms with Crippen molar-refractivity contribution in [1.82, 2.24) is 4.57 Å². The second-order valence-corrected chi connectivity index (χ2v) is 6.21. The van der Waals surface area contributed by atoms with Crippen LogP contribution in [0.25, 0.3) is 10.9 Å². The van der Waals surface area contributed by atoms with Gasteiger partial charge in [-0.15, -0.1) is 0 Å². The molecule has 0 amide bonds. The maximum atomic E-state index is 14.9. The van der Waals surface area contributed by atoms with Gasteiger partial charge in [-0.05, 0) is 23.8 Å². The van der Waals surface area contributed by atoms with Gasteiger partial charge in [0.15, 0.2) is 0 Å². The van der Waals surface area contributed by atoms with Gasteiger partial charge in [-0.2, -0.15) is 10.5 Å². The van der Waals surface area contributed by atoms with Crippen molar-refractivity contribution in [3.63, 3.8) is 0 Å². The highest BCUT2D eigenvalue weighted by molar-refractivity contribution is 5.95. The number of fused-ring (bicyclic) bond motifs is 3. The topological polar surface area (TPSA) is 85.6 Å². The Labute approximate surface area is 149 Å². The maximum absolute atomic E-state index is 14.9. The normalized spacial score (nSPS) is 18.7.